The Morgan fingerprint density at radius 3 is 2.42 bits per heavy atom. The van der Waals surface area contributed by atoms with Crippen LogP contribution in [0.25, 0.3) is 6.08 Å². The third-order valence-electron chi connectivity index (χ3n) is 3.57. The van der Waals surface area contributed by atoms with Gasteiger partial charge in [0.25, 0.3) is 0 Å². The van der Waals surface area contributed by atoms with E-state index in [1.54, 1.807) is 3.28 Å². The predicted octanol–water partition coefficient (Wildman–Crippen LogP) is -1.54. The van der Waals surface area contributed by atoms with E-state index in [1.807, 2.05) is 0 Å². The van der Waals surface area contributed by atoms with Gasteiger partial charge >= 0.3 is 115 Å². The van der Waals surface area contributed by atoms with Crippen molar-refractivity contribution in [2.75, 3.05) is 0 Å². The van der Waals surface area contributed by atoms with Crippen LogP contribution in [-0.2, 0) is 23.2 Å². The largest absolute Gasteiger partial charge is 1.00 e. The quantitative estimate of drug-likeness (QED) is 0.592. The van der Waals surface area contributed by atoms with Gasteiger partial charge in [-0.3, -0.25) is 0 Å². The van der Waals surface area contributed by atoms with Crippen molar-refractivity contribution in [2.24, 2.45) is 0 Å². The van der Waals surface area contributed by atoms with Gasteiger partial charge in [0.2, 0.25) is 0 Å². The van der Waals surface area contributed by atoms with Crippen LogP contribution in [0.15, 0.2) is 45.8 Å². The molecule has 1 unspecified atom stereocenters. The summed E-state index contributed by atoms with van der Waals surface area (Å²) in [6.45, 7) is 4.55. The predicted molar refractivity (Wildman–Crippen MR) is 69.6 cm³/mol. The Morgan fingerprint density at radius 2 is 1.74 bits per heavy atom. The number of benzene rings is 1. The fourth-order valence-corrected chi connectivity index (χ4v) is 6.11. The first-order valence-corrected chi connectivity index (χ1v) is 8.82. The molecular weight excluding hydrogens is 354 g/mol. The SMILES string of the molecule is Cc1ccc2c(c1)C=[C]([Zr+2][CH]1C=CC=C1)C2C.[Cl-].[Cl-]. The molecule has 0 spiro atoms. The molecule has 0 radical (unpaired) electrons. The molecular formula is C16H16Cl2Zr. The molecule has 1 aromatic rings. The normalized spacial score (nSPS) is 19.3. The molecule has 0 bridgehead atoms. The summed E-state index contributed by atoms with van der Waals surface area (Å²) in [4.78, 5) is 0. The number of aryl methyl sites for hydroxylation is 1. The number of hydrogen-bond acceptors (Lipinski definition) is 0. The van der Waals surface area contributed by atoms with Gasteiger partial charge in [-0.1, -0.05) is 0 Å². The second kappa shape index (κ2) is 7.07. The fraction of sp³-hybridized carbons (Fsp3) is 0.250. The second-order valence-corrected chi connectivity index (χ2v) is 8.66. The molecule has 19 heavy (non-hydrogen) atoms. The summed E-state index contributed by atoms with van der Waals surface area (Å²) in [7, 11) is 0. The van der Waals surface area contributed by atoms with E-state index >= 15 is 0 Å². The molecule has 0 nitrogen and oxygen atoms in total. The minimum Gasteiger partial charge on any atom is -1.00 e. The Morgan fingerprint density at radius 1 is 1.05 bits per heavy atom. The summed E-state index contributed by atoms with van der Waals surface area (Å²) in [5.74, 6) is 0.666. The number of rotatable bonds is 2. The van der Waals surface area contributed by atoms with Crippen molar-refractivity contribution in [1.82, 2.24) is 0 Å². The third kappa shape index (κ3) is 3.51. The standard InChI is InChI=1S/C11H11.C5H5.2ClH.Zr/c1-8-3-6-11-9(2)4-5-10(11)7-8;1-2-4-5-3-1;;;/h3,5-7,9H,1-2H3;1-5H;2*1H;/q;;;;+2/p-2. The first kappa shape index (κ1) is 17.0. The van der Waals surface area contributed by atoms with Gasteiger partial charge in [-0.15, -0.1) is 0 Å². The molecule has 3 rings (SSSR count). The van der Waals surface area contributed by atoms with E-state index in [0.29, 0.717) is 5.92 Å². The summed E-state index contributed by atoms with van der Waals surface area (Å²) in [5, 5.41) is 0. The van der Waals surface area contributed by atoms with Crippen LogP contribution in [-0.4, -0.2) is 0 Å². The van der Waals surface area contributed by atoms with Gasteiger partial charge in [-0.05, 0) is 0 Å². The molecule has 3 heteroatoms. The maximum Gasteiger partial charge on any atom is -1.00 e. The molecule has 0 aliphatic heterocycles. The van der Waals surface area contributed by atoms with Crippen molar-refractivity contribution >= 4 is 6.08 Å². The van der Waals surface area contributed by atoms with Gasteiger partial charge in [-0.25, -0.2) is 0 Å². The average molecular weight is 370 g/mol. The van der Waals surface area contributed by atoms with Crippen molar-refractivity contribution in [3.05, 3.63) is 62.5 Å². The number of hydrogen-bond donors (Lipinski definition) is 0. The van der Waals surface area contributed by atoms with Crippen molar-refractivity contribution in [2.45, 2.75) is 23.4 Å². The Labute approximate surface area is 139 Å². The van der Waals surface area contributed by atoms with Gasteiger partial charge in [0.05, 0.1) is 0 Å². The zero-order valence-electron chi connectivity index (χ0n) is 11.0. The molecule has 0 aromatic heterocycles. The van der Waals surface area contributed by atoms with Gasteiger partial charge in [-0.2, -0.15) is 0 Å². The Balaban J connectivity index is 0.000000902. The van der Waals surface area contributed by atoms with Crippen molar-refractivity contribution < 1.29 is 48.0 Å². The Hall–Kier alpha value is -0.0969. The van der Waals surface area contributed by atoms with Crippen LogP contribution < -0.4 is 24.8 Å². The summed E-state index contributed by atoms with van der Waals surface area (Å²) < 4.78 is 2.53. The first-order valence-electron chi connectivity index (χ1n) is 6.18. The topological polar surface area (TPSA) is 0 Å². The van der Waals surface area contributed by atoms with Crippen LogP contribution in [0.2, 0.25) is 3.63 Å². The van der Waals surface area contributed by atoms with Crippen molar-refractivity contribution in [3.63, 3.8) is 0 Å². The molecule has 0 saturated carbocycles. The average Bonchev–Trinajstić information content (AvgIpc) is 2.89. The Kier molecular flexibility index (Phi) is 6.31. The van der Waals surface area contributed by atoms with Crippen molar-refractivity contribution in [3.8, 4) is 0 Å². The first-order chi connectivity index (χ1) is 8.24. The van der Waals surface area contributed by atoms with E-state index in [4.69, 9.17) is 0 Å². The molecule has 0 N–H and O–H groups in total. The van der Waals surface area contributed by atoms with Crippen LogP contribution in [0.1, 0.15) is 29.5 Å². The van der Waals surface area contributed by atoms with Crippen LogP contribution in [0.5, 0.6) is 0 Å². The molecule has 0 heterocycles. The zero-order valence-corrected chi connectivity index (χ0v) is 15.0. The fourth-order valence-electron chi connectivity index (χ4n) is 2.56. The van der Waals surface area contributed by atoms with Crippen LogP contribution in [0.4, 0.5) is 0 Å². The van der Waals surface area contributed by atoms with Crippen LogP contribution in [0, 0.1) is 6.92 Å². The molecule has 1 atom stereocenters. The molecule has 0 fully saturated rings. The molecule has 98 valence electrons. The van der Waals surface area contributed by atoms with Crippen LogP contribution >= 0.6 is 0 Å². The number of allylic oxidation sites excluding steroid dienone is 5. The number of fused-ring (bicyclic) bond motifs is 1. The maximum absolute atomic E-state index is 2.47. The van der Waals surface area contributed by atoms with E-state index in [0.717, 1.165) is 3.63 Å². The molecule has 2 aliphatic carbocycles. The molecule has 1 aromatic carbocycles. The summed E-state index contributed by atoms with van der Waals surface area (Å²) in [6, 6.07) is 6.89. The van der Waals surface area contributed by atoms with Gasteiger partial charge in [0, 0.05) is 0 Å². The van der Waals surface area contributed by atoms with E-state index in [9.17, 15) is 0 Å². The minimum atomic E-state index is -0.472. The molecule has 0 saturated heterocycles. The summed E-state index contributed by atoms with van der Waals surface area (Å²) >= 11 is -0.472. The summed E-state index contributed by atoms with van der Waals surface area (Å²) in [5.41, 5.74) is 4.39. The number of halogens is 2. The monoisotopic (exact) mass is 368 g/mol. The molecule has 2 aliphatic rings. The van der Waals surface area contributed by atoms with Gasteiger partial charge in [0.15, 0.2) is 0 Å². The Bertz CT molecular complexity index is 532. The minimum absolute atomic E-state index is 0. The van der Waals surface area contributed by atoms with Crippen LogP contribution in [0.3, 0.4) is 0 Å². The zero-order chi connectivity index (χ0) is 11.8. The van der Waals surface area contributed by atoms with Gasteiger partial charge < -0.3 is 24.8 Å². The molecule has 0 amide bonds. The van der Waals surface area contributed by atoms with E-state index in [2.05, 4.69) is 62.4 Å². The van der Waals surface area contributed by atoms with E-state index in [-0.39, 0.29) is 24.8 Å². The third-order valence-corrected chi connectivity index (χ3v) is 7.57. The van der Waals surface area contributed by atoms with Crippen molar-refractivity contribution in [1.29, 1.82) is 0 Å². The summed E-state index contributed by atoms with van der Waals surface area (Å²) in [6.07, 6.45) is 11.6. The van der Waals surface area contributed by atoms with E-state index < -0.39 is 23.2 Å². The second-order valence-electron chi connectivity index (χ2n) is 4.89. The van der Waals surface area contributed by atoms with Gasteiger partial charge in [0.1, 0.15) is 0 Å². The maximum atomic E-state index is 2.47. The van der Waals surface area contributed by atoms with E-state index in [1.165, 1.54) is 16.7 Å². The smallest absolute Gasteiger partial charge is 1.00 e.